The number of nitrogens with one attached hydrogen (secondary N) is 1. The van der Waals surface area contributed by atoms with E-state index in [-0.39, 0.29) is 24.8 Å². The molecule has 0 spiro atoms. The zero-order valence-electron chi connectivity index (χ0n) is 10.2. The standard InChI is InChI=1S/C11H23N3.2ClH/c1-13-5-7-14(8-6-13)10-11-3-2-4-12-9-11;;/h11-12H,2-10H2,1H3;2*1H. The van der Waals surface area contributed by atoms with Gasteiger partial charge in [-0.3, -0.25) is 0 Å². The highest BCUT2D eigenvalue weighted by molar-refractivity contribution is 5.85. The molecule has 1 unspecified atom stereocenters. The number of likely N-dealkylation sites (N-methyl/N-ethyl adjacent to an activating group) is 1. The minimum absolute atomic E-state index is 0. The molecule has 0 bridgehead atoms. The van der Waals surface area contributed by atoms with Crippen LogP contribution < -0.4 is 5.32 Å². The molecule has 2 aliphatic heterocycles. The van der Waals surface area contributed by atoms with Crippen LogP contribution >= 0.6 is 24.8 Å². The Bertz CT molecular complexity index is 167. The van der Waals surface area contributed by atoms with E-state index in [1.54, 1.807) is 0 Å². The van der Waals surface area contributed by atoms with Gasteiger partial charge in [0.25, 0.3) is 0 Å². The molecule has 2 aliphatic rings. The molecule has 0 aromatic rings. The third-order valence-corrected chi connectivity index (χ3v) is 3.51. The third-order valence-electron chi connectivity index (χ3n) is 3.51. The largest absolute Gasteiger partial charge is 0.316 e. The van der Waals surface area contributed by atoms with Crippen molar-refractivity contribution in [2.45, 2.75) is 12.8 Å². The van der Waals surface area contributed by atoms with Crippen molar-refractivity contribution in [3.05, 3.63) is 0 Å². The maximum atomic E-state index is 3.50. The lowest BCUT2D eigenvalue weighted by Gasteiger charge is -2.35. The van der Waals surface area contributed by atoms with Gasteiger partial charge in [-0.1, -0.05) is 0 Å². The van der Waals surface area contributed by atoms with Crippen molar-refractivity contribution >= 4 is 24.8 Å². The molecule has 0 aliphatic carbocycles. The van der Waals surface area contributed by atoms with Crippen LogP contribution in [0, 0.1) is 5.92 Å². The average molecular weight is 270 g/mol. The fourth-order valence-corrected chi connectivity index (χ4v) is 2.48. The third kappa shape index (κ3) is 5.19. The molecule has 3 nitrogen and oxygen atoms in total. The predicted molar refractivity (Wildman–Crippen MR) is 74.0 cm³/mol. The maximum absolute atomic E-state index is 3.50. The summed E-state index contributed by atoms with van der Waals surface area (Å²) in [7, 11) is 2.22. The Hall–Kier alpha value is 0.460. The predicted octanol–water partition coefficient (Wildman–Crippen LogP) is 1.08. The molecular weight excluding hydrogens is 245 g/mol. The first kappa shape index (κ1) is 16.5. The molecule has 5 heteroatoms. The molecule has 2 fully saturated rings. The maximum Gasteiger partial charge on any atom is 0.0110 e. The number of rotatable bonds is 2. The number of hydrogen-bond acceptors (Lipinski definition) is 3. The molecule has 0 amide bonds. The summed E-state index contributed by atoms with van der Waals surface area (Å²) >= 11 is 0. The summed E-state index contributed by atoms with van der Waals surface area (Å²) < 4.78 is 0. The van der Waals surface area contributed by atoms with Crippen LogP contribution in [0.5, 0.6) is 0 Å². The Kier molecular flexibility index (Phi) is 8.78. The van der Waals surface area contributed by atoms with Gasteiger partial charge in [-0.15, -0.1) is 24.8 Å². The van der Waals surface area contributed by atoms with Crippen molar-refractivity contribution in [1.82, 2.24) is 15.1 Å². The number of halogens is 2. The van der Waals surface area contributed by atoms with Crippen molar-refractivity contribution < 1.29 is 0 Å². The van der Waals surface area contributed by atoms with Crippen LogP contribution in [0.3, 0.4) is 0 Å². The summed E-state index contributed by atoms with van der Waals surface area (Å²) in [5.74, 6) is 0.909. The minimum Gasteiger partial charge on any atom is -0.316 e. The molecule has 0 aromatic carbocycles. The zero-order chi connectivity index (χ0) is 9.80. The van der Waals surface area contributed by atoms with E-state index >= 15 is 0 Å². The number of hydrogen-bond donors (Lipinski definition) is 1. The molecule has 2 heterocycles. The van der Waals surface area contributed by atoms with Crippen LogP contribution in [0.25, 0.3) is 0 Å². The molecule has 0 aromatic heterocycles. The lowest BCUT2D eigenvalue weighted by atomic mass is 9.99. The van der Waals surface area contributed by atoms with Crippen LogP contribution in [0.15, 0.2) is 0 Å². The molecule has 2 rings (SSSR count). The van der Waals surface area contributed by atoms with E-state index in [4.69, 9.17) is 0 Å². The smallest absolute Gasteiger partial charge is 0.0110 e. The van der Waals surface area contributed by atoms with Gasteiger partial charge in [-0.05, 0) is 38.9 Å². The van der Waals surface area contributed by atoms with E-state index in [2.05, 4.69) is 22.2 Å². The van der Waals surface area contributed by atoms with Gasteiger partial charge in [0.2, 0.25) is 0 Å². The second kappa shape index (κ2) is 8.54. The van der Waals surface area contributed by atoms with E-state index in [1.165, 1.54) is 58.7 Å². The molecule has 16 heavy (non-hydrogen) atoms. The van der Waals surface area contributed by atoms with E-state index < -0.39 is 0 Å². The highest BCUT2D eigenvalue weighted by Gasteiger charge is 2.19. The monoisotopic (exact) mass is 269 g/mol. The Morgan fingerprint density at radius 3 is 2.38 bits per heavy atom. The first-order chi connectivity index (χ1) is 6.84. The van der Waals surface area contributed by atoms with Crippen molar-refractivity contribution in [2.24, 2.45) is 5.92 Å². The summed E-state index contributed by atoms with van der Waals surface area (Å²) in [5.41, 5.74) is 0. The van der Waals surface area contributed by atoms with Crippen LogP contribution in [0.1, 0.15) is 12.8 Å². The van der Waals surface area contributed by atoms with Crippen molar-refractivity contribution in [3.8, 4) is 0 Å². The van der Waals surface area contributed by atoms with Gasteiger partial charge in [0.1, 0.15) is 0 Å². The van der Waals surface area contributed by atoms with E-state index in [0.29, 0.717) is 0 Å². The van der Waals surface area contributed by atoms with Gasteiger partial charge >= 0.3 is 0 Å². The Morgan fingerprint density at radius 2 is 1.81 bits per heavy atom. The Balaban J connectivity index is 0.00000112. The number of piperidine rings is 1. The van der Waals surface area contributed by atoms with E-state index in [1.807, 2.05) is 0 Å². The Labute approximate surface area is 112 Å². The molecular formula is C11H25Cl2N3. The minimum atomic E-state index is 0. The van der Waals surface area contributed by atoms with Crippen molar-refractivity contribution in [1.29, 1.82) is 0 Å². The molecule has 1 N–H and O–H groups in total. The van der Waals surface area contributed by atoms with Crippen LogP contribution in [0.4, 0.5) is 0 Å². The fraction of sp³-hybridized carbons (Fsp3) is 1.00. The molecule has 1 atom stereocenters. The van der Waals surface area contributed by atoms with E-state index in [0.717, 1.165) is 5.92 Å². The summed E-state index contributed by atoms with van der Waals surface area (Å²) in [6, 6.07) is 0. The zero-order valence-corrected chi connectivity index (χ0v) is 11.8. The topological polar surface area (TPSA) is 18.5 Å². The van der Waals surface area contributed by atoms with Gasteiger partial charge in [0.15, 0.2) is 0 Å². The van der Waals surface area contributed by atoms with Crippen molar-refractivity contribution in [2.75, 3.05) is 52.9 Å². The molecule has 2 saturated heterocycles. The quantitative estimate of drug-likeness (QED) is 0.810. The van der Waals surface area contributed by atoms with Crippen LogP contribution in [-0.4, -0.2) is 62.7 Å². The highest BCUT2D eigenvalue weighted by Crippen LogP contribution is 2.12. The van der Waals surface area contributed by atoms with Crippen molar-refractivity contribution in [3.63, 3.8) is 0 Å². The van der Waals surface area contributed by atoms with Gasteiger partial charge < -0.3 is 15.1 Å². The summed E-state index contributed by atoms with van der Waals surface area (Å²) in [4.78, 5) is 5.06. The lowest BCUT2D eigenvalue weighted by Crippen LogP contribution is -2.47. The second-order valence-electron chi connectivity index (χ2n) is 4.82. The SMILES string of the molecule is CN1CCN(CC2CCCNC2)CC1.Cl.Cl. The Morgan fingerprint density at radius 1 is 1.12 bits per heavy atom. The first-order valence-electron chi connectivity index (χ1n) is 5.96. The highest BCUT2D eigenvalue weighted by atomic mass is 35.5. The second-order valence-corrected chi connectivity index (χ2v) is 4.82. The van der Waals surface area contributed by atoms with Gasteiger partial charge in [0.05, 0.1) is 0 Å². The van der Waals surface area contributed by atoms with Gasteiger partial charge in [-0.2, -0.15) is 0 Å². The average Bonchev–Trinajstić information content (AvgIpc) is 2.23. The number of nitrogens with zero attached hydrogens (tertiary/aromatic N) is 2. The fourth-order valence-electron chi connectivity index (χ4n) is 2.48. The van der Waals surface area contributed by atoms with Gasteiger partial charge in [-0.25, -0.2) is 0 Å². The molecule has 98 valence electrons. The van der Waals surface area contributed by atoms with Gasteiger partial charge in [0, 0.05) is 32.7 Å². The van der Waals surface area contributed by atoms with E-state index in [9.17, 15) is 0 Å². The molecule has 0 saturated carbocycles. The summed E-state index contributed by atoms with van der Waals surface area (Å²) in [5, 5.41) is 3.50. The number of piperazine rings is 1. The van der Waals surface area contributed by atoms with Crippen LogP contribution in [0.2, 0.25) is 0 Å². The summed E-state index contributed by atoms with van der Waals surface area (Å²) in [6.45, 7) is 8.84. The summed E-state index contributed by atoms with van der Waals surface area (Å²) in [6.07, 6.45) is 2.80. The lowest BCUT2D eigenvalue weighted by molar-refractivity contribution is 0.129. The molecule has 0 radical (unpaired) electrons. The van der Waals surface area contributed by atoms with Crippen LogP contribution in [-0.2, 0) is 0 Å². The normalized spacial score (nSPS) is 27.9. The first-order valence-corrected chi connectivity index (χ1v) is 5.96.